The molecule has 5 nitrogen and oxygen atoms in total. The van der Waals surface area contributed by atoms with Gasteiger partial charge in [-0.05, 0) is 42.5 Å². The van der Waals surface area contributed by atoms with Crippen molar-refractivity contribution in [2.75, 3.05) is 5.73 Å². The van der Waals surface area contributed by atoms with Gasteiger partial charge in [0.25, 0.3) is 0 Å². The molecular formula is C17H13ClN4O. The van der Waals surface area contributed by atoms with Crippen LogP contribution in [0.3, 0.4) is 0 Å². The minimum absolute atomic E-state index is 0.0580. The average molecular weight is 325 g/mol. The van der Waals surface area contributed by atoms with E-state index < -0.39 is 0 Å². The Bertz CT molecular complexity index is 932. The summed E-state index contributed by atoms with van der Waals surface area (Å²) in [6.45, 7) is 0. The molecule has 0 radical (unpaired) electrons. The summed E-state index contributed by atoms with van der Waals surface area (Å²) in [7, 11) is 0. The molecule has 2 aromatic carbocycles. The first-order valence-electron chi connectivity index (χ1n) is 6.85. The minimum atomic E-state index is -0.342. The quantitative estimate of drug-likeness (QED) is 0.574. The molecule has 0 bridgehead atoms. The summed E-state index contributed by atoms with van der Waals surface area (Å²) < 4.78 is 1.54. The Hall–Kier alpha value is -2.92. The van der Waals surface area contributed by atoms with Crippen LogP contribution in [0, 0.1) is 5.41 Å². The summed E-state index contributed by atoms with van der Waals surface area (Å²) >= 11 is 5.88. The maximum atomic E-state index is 12.6. The number of nitrogens with zero attached hydrogens (tertiary/aromatic N) is 2. The summed E-state index contributed by atoms with van der Waals surface area (Å²) in [6, 6.07) is 15.2. The molecule has 0 unspecified atom stereocenters. The van der Waals surface area contributed by atoms with Gasteiger partial charge in [0.15, 0.2) is 5.69 Å². The molecule has 0 fully saturated rings. The molecule has 3 rings (SSSR count). The number of hydrogen-bond donors (Lipinski definition) is 2. The fourth-order valence-corrected chi connectivity index (χ4v) is 2.27. The van der Waals surface area contributed by atoms with E-state index in [-0.39, 0.29) is 16.8 Å². The van der Waals surface area contributed by atoms with E-state index in [0.29, 0.717) is 16.3 Å². The summed E-state index contributed by atoms with van der Waals surface area (Å²) in [6.07, 6.45) is 1.63. The summed E-state index contributed by atoms with van der Waals surface area (Å²) in [4.78, 5) is 12.6. The number of rotatable bonds is 3. The Kier molecular flexibility index (Phi) is 3.95. The third kappa shape index (κ3) is 3.14. The van der Waals surface area contributed by atoms with E-state index in [0.717, 1.165) is 5.69 Å². The van der Waals surface area contributed by atoms with Crippen molar-refractivity contribution in [2.45, 2.75) is 0 Å². The molecule has 1 aromatic heterocycles. The summed E-state index contributed by atoms with van der Waals surface area (Å²) in [5, 5.41) is 12.9. The van der Waals surface area contributed by atoms with Crippen molar-refractivity contribution in [2.24, 2.45) is 0 Å². The average Bonchev–Trinajstić information content (AvgIpc) is 2.55. The Labute approximate surface area is 137 Å². The molecule has 0 spiro atoms. The lowest BCUT2D eigenvalue weighted by atomic mass is 10.1. The number of hydrogen-bond acceptors (Lipinski definition) is 4. The molecule has 0 saturated heterocycles. The molecule has 0 amide bonds. The van der Waals surface area contributed by atoms with Crippen LogP contribution in [0.1, 0.15) is 16.1 Å². The van der Waals surface area contributed by atoms with E-state index in [1.165, 1.54) is 10.7 Å². The fourth-order valence-electron chi connectivity index (χ4n) is 2.14. The number of ketones is 1. The van der Waals surface area contributed by atoms with E-state index in [1.807, 2.05) is 0 Å². The highest BCUT2D eigenvalue weighted by molar-refractivity contribution is 6.30. The van der Waals surface area contributed by atoms with Crippen molar-refractivity contribution in [3.8, 4) is 5.69 Å². The molecule has 0 aliphatic carbocycles. The number of carbonyl (C=O) groups excluding carboxylic acids is 1. The Morgan fingerprint density at radius 3 is 2.57 bits per heavy atom. The van der Waals surface area contributed by atoms with Crippen LogP contribution in [0.2, 0.25) is 5.02 Å². The molecule has 1 heterocycles. The van der Waals surface area contributed by atoms with Crippen molar-refractivity contribution in [1.82, 2.24) is 9.78 Å². The van der Waals surface area contributed by atoms with Crippen LogP contribution in [0.4, 0.5) is 5.69 Å². The second kappa shape index (κ2) is 6.06. The lowest BCUT2D eigenvalue weighted by Gasteiger charge is -2.08. The predicted molar refractivity (Wildman–Crippen MR) is 88.7 cm³/mol. The van der Waals surface area contributed by atoms with E-state index >= 15 is 0 Å². The van der Waals surface area contributed by atoms with Crippen molar-refractivity contribution < 1.29 is 4.79 Å². The maximum Gasteiger partial charge on any atom is 0.215 e. The first-order chi connectivity index (χ1) is 11.0. The largest absolute Gasteiger partial charge is 0.399 e. The van der Waals surface area contributed by atoms with E-state index in [4.69, 9.17) is 22.7 Å². The molecule has 0 aliphatic rings. The number of nitrogen functional groups attached to an aromatic ring is 1. The molecule has 3 aromatic rings. The molecular weight excluding hydrogens is 312 g/mol. The van der Waals surface area contributed by atoms with Gasteiger partial charge in [-0.2, -0.15) is 5.10 Å². The van der Waals surface area contributed by atoms with E-state index in [2.05, 4.69) is 5.10 Å². The molecule has 0 atom stereocenters. The molecule has 6 heteroatoms. The maximum absolute atomic E-state index is 12.6. The van der Waals surface area contributed by atoms with Crippen LogP contribution >= 0.6 is 11.6 Å². The molecule has 0 saturated carbocycles. The SMILES string of the molecule is N=c1ccn(-c2ccc(Cl)cc2)nc1C(=O)c1cccc(N)c1. The van der Waals surface area contributed by atoms with Crippen molar-refractivity contribution in [3.05, 3.63) is 82.4 Å². The van der Waals surface area contributed by atoms with Crippen LogP contribution in [-0.4, -0.2) is 15.6 Å². The fraction of sp³-hybridized carbons (Fsp3) is 0. The number of anilines is 1. The van der Waals surface area contributed by atoms with Gasteiger partial charge in [-0.15, -0.1) is 0 Å². The van der Waals surface area contributed by atoms with Crippen LogP contribution in [0.5, 0.6) is 0 Å². The standard InChI is InChI=1S/C17H13ClN4O/c18-12-4-6-14(7-5-12)22-9-8-15(20)16(21-22)17(23)11-2-1-3-13(19)10-11/h1-10,20H,19H2. The van der Waals surface area contributed by atoms with Crippen LogP contribution in [0.15, 0.2) is 60.8 Å². The molecule has 23 heavy (non-hydrogen) atoms. The Morgan fingerprint density at radius 1 is 1.13 bits per heavy atom. The van der Waals surface area contributed by atoms with Crippen LogP contribution in [-0.2, 0) is 0 Å². The molecule has 0 aliphatic heterocycles. The molecule has 3 N–H and O–H groups in total. The van der Waals surface area contributed by atoms with Gasteiger partial charge in [0.2, 0.25) is 5.78 Å². The highest BCUT2D eigenvalue weighted by atomic mass is 35.5. The highest BCUT2D eigenvalue weighted by Crippen LogP contribution is 2.13. The third-order valence-electron chi connectivity index (χ3n) is 3.30. The highest BCUT2D eigenvalue weighted by Gasteiger charge is 2.14. The Morgan fingerprint density at radius 2 is 1.87 bits per heavy atom. The Balaban J connectivity index is 2.06. The van der Waals surface area contributed by atoms with Crippen LogP contribution in [0.25, 0.3) is 5.69 Å². The molecule has 114 valence electrons. The van der Waals surface area contributed by atoms with Gasteiger partial charge in [-0.25, -0.2) is 4.68 Å². The van der Waals surface area contributed by atoms with Crippen molar-refractivity contribution >= 4 is 23.1 Å². The topological polar surface area (TPSA) is 84.8 Å². The number of carbonyl (C=O) groups is 1. The van der Waals surface area contributed by atoms with Gasteiger partial charge in [0.05, 0.1) is 11.0 Å². The zero-order valence-electron chi connectivity index (χ0n) is 12.0. The first kappa shape index (κ1) is 15.0. The van der Waals surface area contributed by atoms with Gasteiger partial charge >= 0.3 is 0 Å². The first-order valence-corrected chi connectivity index (χ1v) is 7.23. The third-order valence-corrected chi connectivity index (χ3v) is 3.55. The summed E-state index contributed by atoms with van der Waals surface area (Å²) in [5.74, 6) is -0.342. The zero-order valence-corrected chi connectivity index (χ0v) is 12.8. The van der Waals surface area contributed by atoms with Crippen molar-refractivity contribution in [1.29, 1.82) is 5.41 Å². The monoisotopic (exact) mass is 324 g/mol. The lowest BCUT2D eigenvalue weighted by Crippen LogP contribution is -2.21. The van der Waals surface area contributed by atoms with E-state index in [9.17, 15) is 4.79 Å². The second-order valence-corrected chi connectivity index (χ2v) is 5.39. The van der Waals surface area contributed by atoms with Gasteiger partial charge in [0.1, 0.15) is 0 Å². The lowest BCUT2D eigenvalue weighted by molar-refractivity contribution is 0.103. The van der Waals surface area contributed by atoms with Crippen LogP contribution < -0.4 is 11.1 Å². The predicted octanol–water partition coefficient (Wildman–Crippen LogP) is 2.82. The zero-order chi connectivity index (χ0) is 16.4. The smallest absolute Gasteiger partial charge is 0.215 e. The normalized spacial score (nSPS) is 10.5. The number of benzene rings is 2. The van der Waals surface area contributed by atoms with Gasteiger partial charge in [0, 0.05) is 22.5 Å². The number of nitrogens with one attached hydrogen (secondary N) is 1. The van der Waals surface area contributed by atoms with Gasteiger partial charge in [-0.3, -0.25) is 10.2 Å². The van der Waals surface area contributed by atoms with Gasteiger partial charge < -0.3 is 5.73 Å². The van der Waals surface area contributed by atoms with Gasteiger partial charge in [-0.1, -0.05) is 23.7 Å². The van der Waals surface area contributed by atoms with Crippen molar-refractivity contribution in [3.63, 3.8) is 0 Å². The number of halogens is 1. The number of nitrogens with two attached hydrogens (primary N) is 1. The van der Waals surface area contributed by atoms with E-state index in [1.54, 1.807) is 54.7 Å². The summed E-state index contributed by atoms with van der Waals surface area (Å²) in [5.41, 5.74) is 7.41. The number of aromatic nitrogens is 2. The second-order valence-electron chi connectivity index (χ2n) is 4.95. The minimum Gasteiger partial charge on any atom is -0.399 e.